The lowest BCUT2D eigenvalue weighted by Crippen LogP contribution is -2.32. The lowest BCUT2D eigenvalue weighted by molar-refractivity contribution is 0.225. The third-order valence-electron chi connectivity index (χ3n) is 3.16. The second-order valence-electron chi connectivity index (χ2n) is 4.51. The summed E-state index contributed by atoms with van der Waals surface area (Å²) in [5, 5.41) is 3.41. The fourth-order valence-corrected chi connectivity index (χ4v) is 2.24. The molecule has 2 rings (SSSR count). The average molecular weight is 222 g/mol. The van der Waals surface area contributed by atoms with Crippen LogP contribution in [0.25, 0.3) is 0 Å². The largest absolute Gasteiger partial charge is 0.468 e. The van der Waals surface area contributed by atoms with Crippen molar-refractivity contribution in [1.82, 2.24) is 10.2 Å². The first-order valence-electron chi connectivity index (χ1n) is 6.40. The van der Waals surface area contributed by atoms with Crippen LogP contribution in [0.2, 0.25) is 0 Å². The summed E-state index contributed by atoms with van der Waals surface area (Å²) < 4.78 is 5.26. The van der Waals surface area contributed by atoms with E-state index in [1.54, 1.807) is 6.26 Å². The van der Waals surface area contributed by atoms with Crippen molar-refractivity contribution in [2.75, 3.05) is 26.2 Å². The number of nitrogens with one attached hydrogen (secondary N) is 1. The van der Waals surface area contributed by atoms with Crippen LogP contribution in [0.4, 0.5) is 0 Å². The summed E-state index contributed by atoms with van der Waals surface area (Å²) in [4.78, 5) is 2.58. The Kier molecular flexibility index (Phi) is 4.90. The highest BCUT2D eigenvalue weighted by Crippen LogP contribution is 2.08. The minimum atomic E-state index is 0.854. The van der Waals surface area contributed by atoms with Gasteiger partial charge in [0.25, 0.3) is 0 Å². The van der Waals surface area contributed by atoms with Gasteiger partial charge in [0.15, 0.2) is 0 Å². The van der Waals surface area contributed by atoms with Crippen LogP contribution < -0.4 is 5.32 Å². The quantitative estimate of drug-likeness (QED) is 0.748. The molecule has 1 aromatic rings. The SMILES string of the molecule is c1coc(CNCCCN2CCCCC2)c1. The van der Waals surface area contributed by atoms with E-state index in [4.69, 9.17) is 4.42 Å². The Balaban J connectivity index is 1.48. The van der Waals surface area contributed by atoms with Crippen molar-refractivity contribution in [3.05, 3.63) is 24.2 Å². The first kappa shape index (κ1) is 11.7. The summed E-state index contributed by atoms with van der Waals surface area (Å²) in [6, 6.07) is 3.95. The van der Waals surface area contributed by atoms with Crippen molar-refractivity contribution < 1.29 is 4.42 Å². The lowest BCUT2D eigenvalue weighted by atomic mass is 10.1. The number of hydrogen-bond donors (Lipinski definition) is 1. The van der Waals surface area contributed by atoms with E-state index >= 15 is 0 Å². The van der Waals surface area contributed by atoms with E-state index in [2.05, 4.69) is 10.2 Å². The molecule has 90 valence electrons. The zero-order valence-corrected chi connectivity index (χ0v) is 9.95. The van der Waals surface area contributed by atoms with E-state index in [0.29, 0.717) is 0 Å². The number of hydrogen-bond acceptors (Lipinski definition) is 3. The first-order valence-corrected chi connectivity index (χ1v) is 6.40. The van der Waals surface area contributed by atoms with E-state index < -0.39 is 0 Å². The van der Waals surface area contributed by atoms with Crippen LogP contribution in [0.15, 0.2) is 22.8 Å². The molecule has 0 bridgehead atoms. The summed E-state index contributed by atoms with van der Waals surface area (Å²) in [7, 11) is 0. The molecule has 1 saturated heterocycles. The molecule has 1 aliphatic heterocycles. The number of likely N-dealkylation sites (tertiary alicyclic amines) is 1. The van der Waals surface area contributed by atoms with E-state index in [0.717, 1.165) is 18.8 Å². The molecule has 3 heteroatoms. The summed E-state index contributed by atoms with van der Waals surface area (Å²) in [6.07, 6.45) is 7.17. The predicted molar refractivity (Wildman–Crippen MR) is 65.3 cm³/mol. The van der Waals surface area contributed by atoms with Crippen LogP contribution >= 0.6 is 0 Å². The monoisotopic (exact) mass is 222 g/mol. The third-order valence-corrected chi connectivity index (χ3v) is 3.16. The van der Waals surface area contributed by atoms with Crippen molar-refractivity contribution in [3.8, 4) is 0 Å². The maximum absolute atomic E-state index is 5.26. The second-order valence-corrected chi connectivity index (χ2v) is 4.51. The van der Waals surface area contributed by atoms with Gasteiger partial charge in [-0.3, -0.25) is 0 Å². The normalized spacial score (nSPS) is 17.8. The standard InChI is InChI=1S/C13H22N2O/c1-2-8-15(9-3-1)10-5-7-14-12-13-6-4-11-16-13/h4,6,11,14H,1-3,5,7-10,12H2. The van der Waals surface area contributed by atoms with Crippen molar-refractivity contribution >= 4 is 0 Å². The van der Waals surface area contributed by atoms with Gasteiger partial charge < -0.3 is 14.6 Å². The van der Waals surface area contributed by atoms with Crippen molar-refractivity contribution in [3.63, 3.8) is 0 Å². The molecule has 2 heterocycles. The molecule has 1 fully saturated rings. The Hall–Kier alpha value is -0.800. The van der Waals surface area contributed by atoms with E-state index in [1.165, 1.54) is 45.3 Å². The Bertz CT molecular complexity index is 265. The molecule has 0 saturated carbocycles. The summed E-state index contributed by atoms with van der Waals surface area (Å²) in [5.41, 5.74) is 0. The summed E-state index contributed by atoms with van der Waals surface area (Å²) in [6.45, 7) is 5.78. The average Bonchev–Trinajstić information content (AvgIpc) is 2.83. The van der Waals surface area contributed by atoms with E-state index in [-0.39, 0.29) is 0 Å². The zero-order valence-electron chi connectivity index (χ0n) is 9.95. The van der Waals surface area contributed by atoms with E-state index in [9.17, 15) is 0 Å². The molecule has 0 aliphatic carbocycles. The molecule has 0 atom stereocenters. The molecular formula is C13H22N2O. The molecule has 16 heavy (non-hydrogen) atoms. The second kappa shape index (κ2) is 6.71. The van der Waals surface area contributed by atoms with Crippen LogP contribution in [0.3, 0.4) is 0 Å². The molecule has 0 aromatic carbocycles. The smallest absolute Gasteiger partial charge is 0.117 e. The predicted octanol–water partition coefficient (Wildman–Crippen LogP) is 2.25. The molecule has 0 unspecified atom stereocenters. The van der Waals surface area contributed by atoms with Gasteiger partial charge in [0, 0.05) is 0 Å². The molecule has 0 spiro atoms. The molecule has 1 N–H and O–H groups in total. The van der Waals surface area contributed by atoms with Gasteiger partial charge in [-0.15, -0.1) is 0 Å². The van der Waals surface area contributed by atoms with Gasteiger partial charge in [-0.1, -0.05) is 6.42 Å². The van der Waals surface area contributed by atoms with Crippen molar-refractivity contribution in [2.45, 2.75) is 32.2 Å². The van der Waals surface area contributed by atoms with Gasteiger partial charge >= 0.3 is 0 Å². The zero-order chi connectivity index (χ0) is 11.1. The van der Waals surface area contributed by atoms with Crippen LogP contribution in [0.5, 0.6) is 0 Å². The maximum atomic E-state index is 5.26. The fourth-order valence-electron chi connectivity index (χ4n) is 2.24. The minimum Gasteiger partial charge on any atom is -0.468 e. The highest BCUT2D eigenvalue weighted by Gasteiger charge is 2.08. The Morgan fingerprint density at radius 1 is 1.25 bits per heavy atom. The number of nitrogens with zero attached hydrogens (tertiary/aromatic N) is 1. The van der Waals surface area contributed by atoms with Crippen molar-refractivity contribution in [2.24, 2.45) is 0 Å². The van der Waals surface area contributed by atoms with Crippen LogP contribution in [-0.2, 0) is 6.54 Å². The summed E-state index contributed by atoms with van der Waals surface area (Å²) >= 11 is 0. The molecule has 1 aliphatic rings. The molecular weight excluding hydrogens is 200 g/mol. The third kappa shape index (κ3) is 3.99. The van der Waals surface area contributed by atoms with Gasteiger partial charge in [-0.25, -0.2) is 0 Å². The first-order chi connectivity index (χ1) is 7.95. The molecule has 1 aromatic heterocycles. The number of piperidine rings is 1. The van der Waals surface area contributed by atoms with Gasteiger partial charge in [0.2, 0.25) is 0 Å². The van der Waals surface area contributed by atoms with Gasteiger partial charge in [0.05, 0.1) is 12.8 Å². The maximum Gasteiger partial charge on any atom is 0.117 e. The number of rotatable bonds is 6. The van der Waals surface area contributed by atoms with Gasteiger partial charge in [0.1, 0.15) is 5.76 Å². The fraction of sp³-hybridized carbons (Fsp3) is 0.692. The van der Waals surface area contributed by atoms with Gasteiger partial charge in [-0.05, 0) is 57.6 Å². The van der Waals surface area contributed by atoms with Gasteiger partial charge in [-0.2, -0.15) is 0 Å². The topological polar surface area (TPSA) is 28.4 Å². The van der Waals surface area contributed by atoms with E-state index in [1.807, 2.05) is 12.1 Å². The molecule has 0 radical (unpaired) electrons. The summed E-state index contributed by atoms with van der Waals surface area (Å²) in [5.74, 6) is 1.03. The highest BCUT2D eigenvalue weighted by molar-refractivity contribution is 4.97. The Morgan fingerprint density at radius 2 is 2.12 bits per heavy atom. The molecule has 0 amide bonds. The lowest BCUT2D eigenvalue weighted by Gasteiger charge is -2.26. The number of furan rings is 1. The van der Waals surface area contributed by atoms with Crippen LogP contribution in [-0.4, -0.2) is 31.1 Å². The van der Waals surface area contributed by atoms with Crippen LogP contribution in [0, 0.1) is 0 Å². The minimum absolute atomic E-state index is 0.854. The van der Waals surface area contributed by atoms with Crippen LogP contribution in [0.1, 0.15) is 31.4 Å². The highest BCUT2D eigenvalue weighted by atomic mass is 16.3. The molecule has 3 nitrogen and oxygen atoms in total. The van der Waals surface area contributed by atoms with Crippen molar-refractivity contribution in [1.29, 1.82) is 0 Å². The Labute approximate surface area is 97.8 Å². The Morgan fingerprint density at radius 3 is 2.88 bits per heavy atom.